The molecule has 1 aliphatic heterocycles. The highest BCUT2D eigenvalue weighted by atomic mass is 79.9. The number of carbonyl (C=O) groups excluding carboxylic acids is 1. The maximum Gasteiger partial charge on any atom is 0.337 e. The van der Waals surface area contributed by atoms with Gasteiger partial charge < -0.3 is 10.2 Å². The average Bonchev–Trinajstić information content (AvgIpc) is 3.32. The Bertz CT molecular complexity index is 608. The van der Waals surface area contributed by atoms with E-state index in [9.17, 15) is 4.79 Å². The quantitative estimate of drug-likeness (QED) is 0.769. The van der Waals surface area contributed by atoms with Crippen LogP contribution in [-0.4, -0.2) is 30.2 Å². The van der Waals surface area contributed by atoms with Gasteiger partial charge in [-0.2, -0.15) is 0 Å². The van der Waals surface area contributed by atoms with Crippen LogP contribution in [-0.2, 0) is 16.0 Å². The Balaban J connectivity index is 1.89. The van der Waals surface area contributed by atoms with E-state index in [2.05, 4.69) is 45.4 Å². The Morgan fingerprint density at radius 3 is 2.57 bits per heavy atom. The molecule has 2 aliphatic rings. The lowest BCUT2D eigenvalue weighted by molar-refractivity contribution is -0.139. The summed E-state index contributed by atoms with van der Waals surface area (Å²) >= 11 is 3.47. The lowest BCUT2D eigenvalue weighted by atomic mass is 9.97. The first-order chi connectivity index (χ1) is 11.1. The molecule has 4 nitrogen and oxygen atoms in total. The molecule has 3 rings (SSSR count). The Morgan fingerprint density at radius 1 is 1.30 bits per heavy atom. The summed E-state index contributed by atoms with van der Waals surface area (Å²) in [6.07, 6.45) is 3.13. The van der Waals surface area contributed by atoms with E-state index in [-0.39, 0.29) is 12.0 Å². The van der Waals surface area contributed by atoms with Crippen LogP contribution in [0.3, 0.4) is 0 Å². The fourth-order valence-electron chi connectivity index (χ4n) is 3.12. The van der Waals surface area contributed by atoms with Crippen LogP contribution in [0.2, 0.25) is 0 Å². The first-order valence-electron chi connectivity index (χ1n) is 8.33. The van der Waals surface area contributed by atoms with Crippen LogP contribution >= 0.6 is 15.9 Å². The molecule has 1 aromatic carbocycles. The molecule has 0 aromatic heterocycles. The molecule has 0 amide bonds. The molecule has 0 saturated heterocycles. The second kappa shape index (κ2) is 7.05. The van der Waals surface area contributed by atoms with Crippen molar-refractivity contribution < 1.29 is 9.53 Å². The van der Waals surface area contributed by atoms with Crippen molar-refractivity contribution in [3.05, 3.63) is 45.6 Å². The first kappa shape index (κ1) is 16.5. The molecule has 1 unspecified atom stereocenters. The number of hydrogen-bond donors (Lipinski definition) is 1. The number of hydrazine groups is 1. The van der Waals surface area contributed by atoms with Gasteiger partial charge in [-0.25, -0.2) is 9.80 Å². The van der Waals surface area contributed by atoms with E-state index in [1.165, 1.54) is 5.56 Å². The Labute approximate surface area is 146 Å². The number of halogens is 1. The third-order valence-electron chi connectivity index (χ3n) is 4.43. The van der Waals surface area contributed by atoms with Gasteiger partial charge in [0.05, 0.1) is 18.2 Å². The zero-order chi connectivity index (χ0) is 16.4. The summed E-state index contributed by atoms with van der Waals surface area (Å²) in [5, 5.41) is 2.17. The molecule has 1 aliphatic carbocycles. The van der Waals surface area contributed by atoms with Gasteiger partial charge in [-0.15, -0.1) is 0 Å². The summed E-state index contributed by atoms with van der Waals surface area (Å²) in [7, 11) is 0. The lowest BCUT2D eigenvalue weighted by Crippen LogP contribution is -2.41. The van der Waals surface area contributed by atoms with E-state index >= 15 is 0 Å². The predicted octanol–water partition coefficient (Wildman–Crippen LogP) is 3.43. The van der Waals surface area contributed by atoms with E-state index < -0.39 is 0 Å². The molecule has 0 spiro atoms. The number of ether oxygens (including phenoxy) is 1. The number of nitrogens with one attached hydrogen (secondary N) is 1. The van der Waals surface area contributed by atoms with E-state index in [0.717, 1.165) is 41.6 Å². The van der Waals surface area contributed by atoms with Crippen molar-refractivity contribution in [2.45, 2.75) is 39.2 Å². The second-order valence-corrected chi connectivity index (χ2v) is 6.98. The maximum atomic E-state index is 12.5. The van der Waals surface area contributed by atoms with Crippen molar-refractivity contribution in [3.63, 3.8) is 0 Å². The lowest BCUT2D eigenvalue weighted by Gasteiger charge is -2.25. The smallest absolute Gasteiger partial charge is 0.337 e. The topological polar surface area (TPSA) is 41.6 Å². The molecule has 1 fully saturated rings. The van der Waals surface area contributed by atoms with Crippen LogP contribution in [0, 0.1) is 5.92 Å². The van der Waals surface area contributed by atoms with Crippen LogP contribution in [0.15, 0.2) is 40.0 Å². The normalized spacial score (nSPS) is 21.4. The summed E-state index contributed by atoms with van der Waals surface area (Å²) in [6.45, 7) is 5.23. The highest BCUT2D eigenvalue weighted by Gasteiger charge is 2.42. The van der Waals surface area contributed by atoms with Gasteiger partial charge in [0, 0.05) is 22.6 Å². The number of allylic oxidation sites excluding steroid dienone is 1. The Hall–Kier alpha value is -1.33. The summed E-state index contributed by atoms with van der Waals surface area (Å²) in [6, 6.07) is 8.34. The van der Waals surface area contributed by atoms with Gasteiger partial charge in [0.25, 0.3) is 0 Å². The van der Waals surface area contributed by atoms with Gasteiger partial charge in [0.15, 0.2) is 0 Å². The number of likely N-dealkylation sites (N-methyl/N-ethyl adjacent to an activating group) is 1. The number of esters is 1. The van der Waals surface area contributed by atoms with Crippen LogP contribution in [0.4, 0.5) is 0 Å². The van der Waals surface area contributed by atoms with Crippen molar-refractivity contribution in [2.75, 3.05) is 13.2 Å². The third kappa shape index (κ3) is 3.61. The van der Waals surface area contributed by atoms with Gasteiger partial charge in [-0.05, 0) is 43.9 Å². The van der Waals surface area contributed by atoms with E-state index in [1.54, 1.807) is 0 Å². The van der Waals surface area contributed by atoms with Crippen molar-refractivity contribution in [1.82, 2.24) is 10.4 Å². The molecule has 0 bridgehead atoms. The van der Waals surface area contributed by atoms with Crippen LogP contribution < -0.4 is 5.43 Å². The van der Waals surface area contributed by atoms with E-state index in [4.69, 9.17) is 4.74 Å². The van der Waals surface area contributed by atoms with Crippen molar-refractivity contribution in [1.29, 1.82) is 0 Å². The molecule has 1 N–H and O–H groups in total. The van der Waals surface area contributed by atoms with Gasteiger partial charge >= 0.3 is 5.97 Å². The summed E-state index contributed by atoms with van der Waals surface area (Å²) in [5.41, 5.74) is 6.62. The molecule has 124 valence electrons. The second-order valence-electron chi connectivity index (χ2n) is 6.07. The number of nitrogens with zero attached hydrogens (tertiary/aromatic N) is 1. The van der Waals surface area contributed by atoms with Crippen molar-refractivity contribution in [2.24, 2.45) is 5.92 Å². The monoisotopic (exact) mass is 378 g/mol. The number of hydrogen-bond acceptors (Lipinski definition) is 4. The molecule has 5 heteroatoms. The minimum absolute atomic E-state index is 0.0378. The van der Waals surface area contributed by atoms with Gasteiger partial charge in [-0.3, -0.25) is 0 Å². The standard InChI is InChI=1S/C18H23BrN2O2/c1-3-21-15(11-12-5-9-14(19)10-6-12)16(18(22)23-4-2)17(20-21)13-7-8-13/h5-6,9-10,13,15,20H,3-4,7-8,11H2,1-2H3. The molecule has 1 atom stereocenters. The minimum Gasteiger partial charge on any atom is -0.463 e. The number of rotatable bonds is 6. The van der Waals surface area contributed by atoms with Crippen LogP contribution in [0.5, 0.6) is 0 Å². The molecular weight excluding hydrogens is 356 g/mol. The summed E-state index contributed by atoms with van der Waals surface area (Å²) in [5.74, 6) is 0.332. The van der Waals surface area contributed by atoms with Crippen molar-refractivity contribution in [3.8, 4) is 0 Å². The summed E-state index contributed by atoms with van der Waals surface area (Å²) < 4.78 is 6.41. The molecule has 0 radical (unpaired) electrons. The predicted molar refractivity (Wildman–Crippen MR) is 93.5 cm³/mol. The van der Waals surface area contributed by atoms with Gasteiger partial charge in [0.2, 0.25) is 0 Å². The van der Waals surface area contributed by atoms with Gasteiger partial charge in [0.1, 0.15) is 0 Å². The average molecular weight is 379 g/mol. The molecule has 1 heterocycles. The zero-order valence-corrected chi connectivity index (χ0v) is 15.2. The molecule has 23 heavy (non-hydrogen) atoms. The highest BCUT2D eigenvalue weighted by molar-refractivity contribution is 9.10. The third-order valence-corrected chi connectivity index (χ3v) is 4.96. The van der Waals surface area contributed by atoms with E-state index in [0.29, 0.717) is 12.5 Å². The summed E-state index contributed by atoms with van der Waals surface area (Å²) in [4.78, 5) is 12.5. The molecular formula is C18H23BrN2O2. The van der Waals surface area contributed by atoms with E-state index in [1.807, 2.05) is 19.1 Å². The Kier molecular flexibility index (Phi) is 5.07. The fourth-order valence-corrected chi connectivity index (χ4v) is 3.39. The van der Waals surface area contributed by atoms with Crippen molar-refractivity contribution >= 4 is 21.9 Å². The molecule has 1 aromatic rings. The number of benzene rings is 1. The number of carbonyl (C=O) groups is 1. The zero-order valence-electron chi connectivity index (χ0n) is 13.6. The van der Waals surface area contributed by atoms with Crippen LogP contribution in [0.25, 0.3) is 0 Å². The van der Waals surface area contributed by atoms with Crippen LogP contribution in [0.1, 0.15) is 32.3 Å². The highest BCUT2D eigenvalue weighted by Crippen LogP contribution is 2.41. The largest absolute Gasteiger partial charge is 0.463 e. The first-order valence-corrected chi connectivity index (χ1v) is 9.12. The minimum atomic E-state index is -0.167. The van der Waals surface area contributed by atoms with Gasteiger partial charge in [-0.1, -0.05) is 35.0 Å². The Morgan fingerprint density at radius 2 is 2.00 bits per heavy atom. The molecule has 1 saturated carbocycles. The maximum absolute atomic E-state index is 12.5. The SMILES string of the molecule is CCOC(=O)C1=C(C2CC2)NN(CC)C1Cc1ccc(Br)cc1. The fraction of sp³-hybridized carbons (Fsp3) is 0.500.